The van der Waals surface area contributed by atoms with Gasteiger partial charge in [-0.25, -0.2) is 0 Å². The predicted octanol–water partition coefficient (Wildman–Crippen LogP) is 5.20. The number of fused-ring (bicyclic) bond motifs is 5. The first-order valence-corrected chi connectivity index (χ1v) is 9.32. The van der Waals surface area contributed by atoms with Gasteiger partial charge in [0.2, 0.25) is 0 Å². The van der Waals surface area contributed by atoms with Crippen LogP contribution in [0.4, 0.5) is 0 Å². The maximum Gasteiger partial charge on any atom is 0.330 e. The molecule has 1 aromatic heterocycles. The first-order chi connectivity index (χ1) is 12.7. The van der Waals surface area contributed by atoms with Gasteiger partial charge in [0.1, 0.15) is 5.58 Å². The van der Waals surface area contributed by atoms with Crippen LogP contribution in [0.15, 0.2) is 52.9 Å². The van der Waals surface area contributed by atoms with Crippen molar-refractivity contribution in [1.29, 1.82) is 0 Å². The summed E-state index contributed by atoms with van der Waals surface area (Å²) < 4.78 is 11.9. The average Bonchev–Trinajstić information content (AvgIpc) is 2.99. The van der Waals surface area contributed by atoms with E-state index in [4.69, 9.17) is 20.7 Å². The summed E-state index contributed by atoms with van der Waals surface area (Å²) in [6.07, 6.45) is 0. The van der Waals surface area contributed by atoms with Crippen LogP contribution in [-0.2, 0) is 4.65 Å². The van der Waals surface area contributed by atoms with E-state index in [1.165, 1.54) is 0 Å². The predicted molar refractivity (Wildman–Crippen MR) is 113 cm³/mol. The molecule has 4 rings (SSSR count). The Bertz CT molecular complexity index is 1160. The van der Waals surface area contributed by atoms with E-state index in [2.05, 4.69) is 18.2 Å². The molecule has 27 heavy (non-hydrogen) atoms. The van der Waals surface area contributed by atoms with E-state index in [-0.39, 0.29) is 0 Å². The Morgan fingerprint density at radius 1 is 1.00 bits per heavy atom. The zero-order chi connectivity index (χ0) is 19.4. The number of benzene rings is 3. The first-order valence-electron chi connectivity index (χ1n) is 8.94. The van der Waals surface area contributed by atoms with Gasteiger partial charge in [0, 0.05) is 10.8 Å². The molecule has 0 spiro atoms. The van der Waals surface area contributed by atoms with E-state index in [9.17, 15) is 5.11 Å². The van der Waals surface area contributed by atoms with Crippen LogP contribution in [0.2, 0.25) is 5.02 Å². The monoisotopic (exact) mass is 379 g/mol. The normalized spacial score (nSPS) is 13.0. The summed E-state index contributed by atoms with van der Waals surface area (Å²) >= 11 is 6.51. The van der Waals surface area contributed by atoms with Crippen molar-refractivity contribution in [2.24, 2.45) is 0 Å². The lowest BCUT2D eigenvalue weighted by molar-refractivity contribution is -0.0893. The Hall–Kier alpha value is -2.01. The Kier molecular flexibility index (Phi) is 4.26. The second-order valence-electron chi connectivity index (χ2n) is 7.95. The van der Waals surface area contributed by atoms with E-state index >= 15 is 0 Å². The minimum absolute atomic E-state index is 0.531. The van der Waals surface area contributed by atoms with E-state index in [0.29, 0.717) is 10.6 Å². The molecule has 4 aromatic rings. The number of furan rings is 1. The van der Waals surface area contributed by atoms with Crippen LogP contribution in [-0.4, -0.2) is 23.8 Å². The van der Waals surface area contributed by atoms with Gasteiger partial charge in [-0.05, 0) is 50.6 Å². The SMILES string of the molecule is CC(C)(O)C(C)(C)O[B]c1cc(Cl)c2oc3ccc4ccccc4c3c2c1. The van der Waals surface area contributed by atoms with Crippen LogP contribution in [0.25, 0.3) is 32.7 Å². The molecule has 3 aromatic carbocycles. The van der Waals surface area contributed by atoms with Crippen molar-refractivity contribution in [2.75, 3.05) is 0 Å². The van der Waals surface area contributed by atoms with Gasteiger partial charge in [-0.1, -0.05) is 53.5 Å². The van der Waals surface area contributed by atoms with Crippen molar-refractivity contribution in [2.45, 2.75) is 38.9 Å². The van der Waals surface area contributed by atoms with Crippen LogP contribution < -0.4 is 5.46 Å². The molecule has 1 heterocycles. The summed E-state index contributed by atoms with van der Waals surface area (Å²) in [6.45, 7) is 7.16. The van der Waals surface area contributed by atoms with Crippen molar-refractivity contribution in [1.82, 2.24) is 0 Å². The summed E-state index contributed by atoms with van der Waals surface area (Å²) in [7, 11) is 1.65. The standard InChI is InChI=1S/C22H21BClO3/c1-21(2,25)22(3,4)27-23-14-11-16-19-15-8-6-5-7-13(15)9-10-18(19)26-20(16)17(24)12-14/h5-12,25H,1-4H3. The molecule has 0 atom stereocenters. The van der Waals surface area contributed by atoms with Crippen molar-refractivity contribution in [3.05, 3.63) is 53.6 Å². The highest BCUT2D eigenvalue weighted by molar-refractivity contribution is 6.49. The second-order valence-corrected chi connectivity index (χ2v) is 8.35. The zero-order valence-corrected chi connectivity index (χ0v) is 16.6. The quantitative estimate of drug-likeness (QED) is 0.495. The molecular formula is C22H21BClO3. The lowest BCUT2D eigenvalue weighted by Gasteiger charge is -2.37. The molecule has 1 radical (unpaired) electrons. The highest BCUT2D eigenvalue weighted by Crippen LogP contribution is 2.37. The minimum Gasteiger partial charge on any atom is -0.454 e. The van der Waals surface area contributed by atoms with Gasteiger partial charge in [0.15, 0.2) is 5.58 Å². The molecular weight excluding hydrogens is 359 g/mol. The molecule has 0 aliphatic heterocycles. The van der Waals surface area contributed by atoms with Crippen LogP contribution >= 0.6 is 11.6 Å². The van der Waals surface area contributed by atoms with Crippen LogP contribution in [0.5, 0.6) is 0 Å². The summed E-state index contributed by atoms with van der Waals surface area (Å²) in [5.41, 5.74) is 0.554. The van der Waals surface area contributed by atoms with Crippen LogP contribution in [0.1, 0.15) is 27.7 Å². The van der Waals surface area contributed by atoms with Gasteiger partial charge < -0.3 is 14.2 Å². The summed E-state index contributed by atoms with van der Waals surface area (Å²) in [4.78, 5) is 0. The molecule has 0 saturated carbocycles. The van der Waals surface area contributed by atoms with Crippen molar-refractivity contribution >= 4 is 57.3 Å². The fourth-order valence-corrected chi connectivity index (χ4v) is 3.32. The largest absolute Gasteiger partial charge is 0.454 e. The maximum absolute atomic E-state index is 10.3. The molecule has 0 aliphatic carbocycles. The molecule has 0 aliphatic rings. The topological polar surface area (TPSA) is 42.6 Å². The summed E-state index contributed by atoms with van der Waals surface area (Å²) in [5, 5.41) is 15.1. The zero-order valence-electron chi connectivity index (χ0n) is 15.8. The molecule has 0 bridgehead atoms. The third kappa shape index (κ3) is 3.12. The highest BCUT2D eigenvalue weighted by atomic mass is 35.5. The van der Waals surface area contributed by atoms with Gasteiger partial charge >= 0.3 is 7.48 Å². The third-order valence-electron chi connectivity index (χ3n) is 5.40. The molecule has 5 heteroatoms. The minimum atomic E-state index is -0.990. The first kappa shape index (κ1) is 18.4. The molecule has 3 nitrogen and oxygen atoms in total. The molecule has 0 fully saturated rings. The number of halogens is 1. The van der Waals surface area contributed by atoms with E-state index in [0.717, 1.165) is 32.6 Å². The van der Waals surface area contributed by atoms with Gasteiger partial charge in [-0.15, -0.1) is 0 Å². The van der Waals surface area contributed by atoms with Gasteiger partial charge in [-0.2, -0.15) is 0 Å². The Morgan fingerprint density at radius 3 is 2.48 bits per heavy atom. The number of hydrogen-bond acceptors (Lipinski definition) is 3. The highest BCUT2D eigenvalue weighted by Gasteiger charge is 2.35. The molecule has 0 unspecified atom stereocenters. The molecule has 1 N–H and O–H groups in total. The molecule has 0 amide bonds. The van der Waals surface area contributed by atoms with Crippen molar-refractivity contribution in [3.63, 3.8) is 0 Å². The van der Waals surface area contributed by atoms with Crippen molar-refractivity contribution < 1.29 is 14.2 Å². The van der Waals surface area contributed by atoms with E-state index in [1.54, 1.807) is 21.3 Å². The summed E-state index contributed by atoms with van der Waals surface area (Å²) in [5.74, 6) is 0. The van der Waals surface area contributed by atoms with Crippen LogP contribution in [0.3, 0.4) is 0 Å². The average molecular weight is 380 g/mol. The summed E-state index contributed by atoms with van der Waals surface area (Å²) in [6, 6.07) is 16.1. The van der Waals surface area contributed by atoms with Gasteiger partial charge in [0.05, 0.1) is 16.2 Å². The lowest BCUT2D eigenvalue weighted by Crippen LogP contribution is -2.49. The van der Waals surface area contributed by atoms with Gasteiger partial charge in [0.25, 0.3) is 0 Å². The van der Waals surface area contributed by atoms with E-state index in [1.807, 2.05) is 44.2 Å². The molecule has 137 valence electrons. The third-order valence-corrected chi connectivity index (χ3v) is 5.68. The smallest absolute Gasteiger partial charge is 0.330 e. The Morgan fingerprint density at radius 2 is 1.74 bits per heavy atom. The van der Waals surface area contributed by atoms with Crippen LogP contribution in [0, 0.1) is 0 Å². The lowest BCUT2D eigenvalue weighted by atomic mass is 9.82. The van der Waals surface area contributed by atoms with E-state index < -0.39 is 11.2 Å². The van der Waals surface area contributed by atoms with Crippen molar-refractivity contribution in [3.8, 4) is 0 Å². The number of aliphatic hydroxyl groups is 1. The maximum atomic E-state index is 10.3. The fraction of sp³-hybridized carbons (Fsp3) is 0.273. The number of rotatable bonds is 4. The van der Waals surface area contributed by atoms with Gasteiger partial charge in [-0.3, -0.25) is 0 Å². The number of hydrogen-bond donors (Lipinski definition) is 1. The second kappa shape index (κ2) is 6.27. The molecule has 0 saturated heterocycles. The Balaban J connectivity index is 1.85. The fourth-order valence-electron chi connectivity index (χ4n) is 3.06. The Labute approximate surface area is 164 Å².